The number of rotatable bonds is 1. The van der Waals surface area contributed by atoms with Gasteiger partial charge in [-0.15, -0.1) is 0 Å². The number of anilines is 1. The Labute approximate surface area is 95.0 Å². The lowest BCUT2D eigenvalue weighted by molar-refractivity contribution is 0.355. The molecule has 0 amide bonds. The first-order chi connectivity index (χ1) is 8.16. The molecule has 1 aromatic carbocycles. The standard InChI is InChI=1S/C11H8F2N2O2/c12-6-3-8-5(1-2-16-8)11(13)10(6)7-4-9(14)17-15-7/h3-4H,1-2,14H2. The number of benzene rings is 1. The summed E-state index contributed by atoms with van der Waals surface area (Å²) in [6, 6.07) is 2.44. The van der Waals surface area contributed by atoms with Gasteiger partial charge in [-0.1, -0.05) is 5.16 Å². The summed E-state index contributed by atoms with van der Waals surface area (Å²) >= 11 is 0. The molecule has 1 aliphatic heterocycles. The number of nitrogens with two attached hydrogens (primary N) is 1. The van der Waals surface area contributed by atoms with Crippen LogP contribution in [0.3, 0.4) is 0 Å². The molecule has 2 heterocycles. The van der Waals surface area contributed by atoms with E-state index in [1.807, 2.05) is 0 Å². The third-order valence-electron chi connectivity index (χ3n) is 2.67. The van der Waals surface area contributed by atoms with Gasteiger partial charge in [0.05, 0.1) is 12.2 Å². The van der Waals surface area contributed by atoms with Gasteiger partial charge >= 0.3 is 0 Å². The third-order valence-corrected chi connectivity index (χ3v) is 2.67. The Morgan fingerprint density at radius 2 is 2.12 bits per heavy atom. The lowest BCUT2D eigenvalue weighted by Gasteiger charge is -2.05. The van der Waals surface area contributed by atoms with Crippen LogP contribution in [-0.4, -0.2) is 11.8 Å². The Bertz CT molecular complexity index is 595. The average molecular weight is 238 g/mol. The molecule has 4 nitrogen and oxygen atoms in total. The monoisotopic (exact) mass is 238 g/mol. The van der Waals surface area contributed by atoms with Crippen LogP contribution >= 0.6 is 0 Å². The molecule has 0 spiro atoms. The molecular formula is C11H8F2N2O2. The molecule has 0 saturated heterocycles. The van der Waals surface area contributed by atoms with Crippen molar-refractivity contribution in [3.8, 4) is 17.0 Å². The molecule has 0 aliphatic carbocycles. The van der Waals surface area contributed by atoms with Crippen molar-refractivity contribution in [1.82, 2.24) is 5.16 Å². The normalized spacial score (nSPS) is 13.5. The van der Waals surface area contributed by atoms with Crippen molar-refractivity contribution < 1.29 is 18.0 Å². The van der Waals surface area contributed by atoms with Gasteiger partial charge in [0.2, 0.25) is 5.88 Å². The minimum atomic E-state index is -0.739. The highest BCUT2D eigenvalue weighted by Crippen LogP contribution is 2.36. The second-order valence-electron chi connectivity index (χ2n) is 3.74. The lowest BCUT2D eigenvalue weighted by atomic mass is 10.0. The smallest absolute Gasteiger partial charge is 0.222 e. The number of fused-ring (bicyclic) bond motifs is 1. The fourth-order valence-electron chi connectivity index (χ4n) is 1.90. The minimum Gasteiger partial charge on any atom is -0.493 e. The first kappa shape index (κ1) is 10.1. The molecule has 2 N–H and O–H groups in total. The Hall–Kier alpha value is -2.11. The van der Waals surface area contributed by atoms with E-state index in [1.165, 1.54) is 6.07 Å². The zero-order valence-corrected chi connectivity index (χ0v) is 8.67. The summed E-state index contributed by atoms with van der Waals surface area (Å²) in [5.74, 6) is -1.14. The summed E-state index contributed by atoms with van der Waals surface area (Å²) in [6.07, 6.45) is 0.418. The molecule has 0 unspecified atom stereocenters. The lowest BCUT2D eigenvalue weighted by Crippen LogP contribution is -1.95. The number of ether oxygens (including phenoxy) is 1. The van der Waals surface area contributed by atoms with Gasteiger partial charge in [-0.25, -0.2) is 8.78 Å². The van der Waals surface area contributed by atoms with Gasteiger partial charge < -0.3 is 15.0 Å². The van der Waals surface area contributed by atoms with Crippen LogP contribution < -0.4 is 10.5 Å². The van der Waals surface area contributed by atoms with E-state index >= 15 is 0 Å². The van der Waals surface area contributed by atoms with Crippen molar-refractivity contribution in [2.24, 2.45) is 0 Å². The highest BCUT2D eigenvalue weighted by molar-refractivity contribution is 5.66. The molecule has 3 rings (SSSR count). The van der Waals surface area contributed by atoms with Crippen LogP contribution in [0.2, 0.25) is 0 Å². The number of halogens is 2. The quantitative estimate of drug-likeness (QED) is 0.826. The fourth-order valence-corrected chi connectivity index (χ4v) is 1.90. The van der Waals surface area contributed by atoms with E-state index in [9.17, 15) is 8.78 Å². The molecule has 0 atom stereocenters. The van der Waals surface area contributed by atoms with Gasteiger partial charge in [0.15, 0.2) is 0 Å². The number of nitrogens with zero attached hydrogens (tertiary/aromatic N) is 1. The van der Waals surface area contributed by atoms with Crippen LogP contribution in [0, 0.1) is 11.6 Å². The molecule has 0 bridgehead atoms. The van der Waals surface area contributed by atoms with Crippen LogP contribution in [0.15, 0.2) is 16.7 Å². The molecule has 88 valence electrons. The van der Waals surface area contributed by atoms with Crippen molar-refractivity contribution in [2.45, 2.75) is 6.42 Å². The van der Waals surface area contributed by atoms with Crippen molar-refractivity contribution >= 4 is 5.88 Å². The van der Waals surface area contributed by atoms with E-state index in [0.717, 1.165) is 6.07 Å². The maximum atomic E-state index is 14.1. The van der Waals surface area contributed by atoms with Crippen LogP contribution in [0.4, 0.5) is 14.7 Å². The minimum absolute atomic E-state index is 0.00977. The van der Waals surface area contributed by atoms with Gasteiger partial charge in [-0.05, 0) is 0 Å². The first-order valence-electron chi connectivity index (χ1n) is 5.03. The number of nitrogen functional groups attached to an aromatic ring is 1. The molecule has 0 saturated carbocycles. The summed E-state index contributed by atoms with van der Waals surface area (Å²) in [7, 11) is 0. The Morgan fingerprint density at radius 3 is 2.82 bits per heavy atom. The van der Waals surface area contributed by atoms with Gasteiger partial charge in [-0.2, -0.15) is 0 Å². The zero-order valence-electron chi connectivity index (χ0n) is 8.67. The van der Waals surface area contributed by atoms with E-state index in [1.54, 1.807) is 0 Å². The predicted molar refractivity (Wildman–Crippen MR) is 55.5 cm³/mol. The van der Waals surface area contributed by atoms with Crippen molar-refractivity contribution in [3.63, 3.8) is 0 Å². The van der Waals surface area contributed by atoms with E-state index in [0.29, 0.717) is 18.6 Å². The third kappa shape index (κ3) is 1.44. The molecule has 1 aliphatic rings. The van der Waals surface area contributed by atoms with Crippen LogP contribution in [-0.2, 0) is 6.42 Å². The molecule has 6 heteroatoms. The molecule has 1 aromatic heterocycles. The summed E-state index contributed by atoms with van der Waals surface area (Å²) in [6.45, 7) is 0.357. The topological polar surface area (TPSA) is 61.3 Å². The summed E-state index contributed by atoms with van der Waals surface area (Å²) in [5.41, 5.74) is 5.52. The van der Waals surface area contributed by atoms with Crippen LogP contribution in [0.5, 0.6) is 5.75 Å². The Morgan fingerprint density at radius 1 is 1.29 bits per heavy atom. The number of hydrogen-bond donors (Lipinski definition) is 1. The Kier molecular flexibility index (Phi) is 2.04. The maximum Gasteiger partial charge on any atom is 0.222 e. The van der Waals surface area contributed by atoms with Gasteiger partial charge in [0, 0.05) is 24.1 Å². The number of aromatic nitrogens is 1. The predicted octanol–water partition coefficient (Wildman–Crippen LogP) is 2.14. The molecular weight excluding hydrogens is 230 g/mol. The van der Waals surface area contributed by atoms with E-state index in [-0.39, 0.29) is 22.9 Å². The number of hydrogen-bond acceptors (Lipinski definition) is 4. The van der Waals surface area contributed by atoms with Crippen molar-refractivity contribution in [1.29, 1.82) is 0 Å². The molecule has 17 heavy (non-hydrogen) atoms. The zero-order chi connectivity index (χ0) is 12.0. The molecule has 0 fully saturated rings. The second kappa shape index (κ2) is 3.44. The van der Waals surface area contributed by atoms with Gasteiger partial charge in [0.1, 0.15) is 23.1 Å². The first-order valence-corrected chi connectivity index (χ1v) is 5.03. The molecule has 2 aromatic rings. The molecule has 0 radical (unpaired) electrons. The van der Waals surface area contributed by atoms with Gasteiger partial charge in [-0.3, -0.25) is 0 Å². The van der Waals surface area contributed by atoms with Crippen LogP contribution in [0.1, 0.15) is 5.56 Å². The van der Waals surface area contributed by atoms with Crippen molar-refractivity contribution in [2.75, 3.05) is 12.3 Å². The largest absolute Gasteiger partial charge is 0.493 e. The maximum absolute atomic E-state index is 14.1. The Balaban J connectivity index is 2.23. The summed E-state index contributed by atoms with van der Waals surface area (Å²) < 4.78 is 37.6. The fraction of sp³-hybridized carbons (Fsp3) is 0.182. The van der Waals surface area contributed by atoms with E-state index in [2.05, 4.69) is 9.68 Å². The average Bonchev–Trinajstić information content (AvgIpc) is 2.87. The van der Waals surface area contributed by atoms with Gasteiger partial charge in [0.25, 0.3) is 0 Å². The van der Waals surface area contributed by atoms with Crippen LogP contribution in [0.25, 0.3) is 11.3 Å². The van der Waals surface area contributed by atoms with Crippen molar-refractivity contribution in [3.05, 3.63) is 29.3 Å². The highest BCUT2D eigenvalue weighted by atomic mass is 19.1. The highest BCUT2D eigenvalue weighted by Gasteiger charge is 2.25. The summed E-state index contributed by atoms with van der Waals surface area (Å²) in [5, 5.41) is 3.51. The van der Waals surface area contributed by atoms with E-state index < -0.39 is 11.6 Å². The SMILES string of the molecule is Nc1cc(-c2c(F)cc3c(c2F)CCO3)no1. The summed E-state index contributed by atoms with van der Waals surface area (Å²) in [4.78, 5) is 0. The second-order valence-corrected chi connectivity index (χ2v) is 3.74. The van der Waals surface area contributed by atoms with E-state index in [4.69, 9.17) is 10.5 Å².